The lowest BCUT2D eigenvalue weighted by Gasteiger charge is -2.24. The number of nitrogens with zero attached hydrogens (tertiary/aromatic N) is 1. The van der Waals surface area contributed by atoms with E-state index in [2.05, 4.69) is 21.7 Å². The fraction of sp³-hybridized carbons (Fsp3) is 0.357. The molecule has 6 heteroatoms. The molecule has 1 atom stereocenters. The fourth-order valence-corrected chi connectivity index (χ4v) is 3.45. The monoisotopic (exact) mass is 298 g/mol. The first-order valence-corrected chi connectivity index (χ1v) is 7.28. The number of hydrogen-bond acceptors (Lipinski definition) is 3. The van der Waals surface area contributed by atoms with Gasteiger partial charge in [-0.05, 0) is 48.4 Å². The van der Waals surface area contributed by atoms with E-state index in [4.69, 9.17) is 0 Å². The molecule has 0 radical (unpaired) electrons. The highest BCUT2D eigenvalue weighted by Crippen LogP contribution is 2.35. The van der Waals surface area contributed by atoms with E-state index in [-0.39, 0.29) is 6.04 Å². The number of nitrogens with one attached hydrogen (secondary N) is 1. The average Bonchev–Trinajstić information content (AvgIpc) is 2.88. The van der Waals surface area contributed by atoms with Crippen molar-refractivity contribution in [1.82, 2.24) is 4.98 Å². The summed E-state index contributed by atoms with van der Waals surface area (Å²) in [6.07, 6.45) is -0.305. The van der Waals surface area contributed by atoms with Gasteiger partial charge in [-0.3, -0.25) is 0 Å². The van der Waals surface area contributed by atoms with Gasteiger partial charge in [0.2, 0.25) is 0 Å². The van der Waals surface area contributed by atoms with E-state index in [1.54, 1.807) is 11.3 Å². The van der Waals surface area contributed by atoms with Crippen molar-refractivity contribution in [1.29, 1.82) is 0 Å². The van der Waals surface area contributed by atoms with Gasteiger partial charge in [-0.1, -0.05) is 0 Å². The summed E-state index contributed by atoms with van der Waals surface area (Å²) >= 11 is 1.74. The van der Waals surface area contributed by atoms with E-state index in [1.807, 2.05) is 0 Å². The minimum Gasteiger partial charge on any atom is -0.363 e. The van der Waals surface area contributed by atoms with Gasteiger partial charge < -0.3 is 5.32 Å². The van der Waals surface area contributed by atoms with Crippen molar-refractivity contribution in [3.63, 3.8) is 0 Å². The zero-order chi connectivity index (χ0) is 14.2. The average molecular weight is 298 g/mol. The lowest BCUT2D eigenvalue weighted by Crippen LogP contribution is -2.16. The second-order valence-electron chi connectivity index (χ2n) is 4.82. The second kappa shape index (κ2) is 5.09. The summed E-state index contributed by atoms with van der Waals surface area (Å²) in [4.78, 5) is 5.23. The van der Waals surface area contributed by atoms with Gasteiger partial charge in [0.25, 0.3) is 0 Å². The van der Waals surface area contributed by atoms with Gasteiger partial charge in [-0.2, -0.15) is 13.2 Å². The number of anilines is 1. The largest absolute Gasteiger partial charge is 0.417 e. The molecule has 0 saturated carbocycles. The summed E-state index contributed by atoms with van der Waals surface area (Å²) in [6, 6.07) is 4.69. The van der Waals surface area contributed by atoms with Crippen molar-refractivity contribution in [3.05, 3.63) is 45.8 Å². The summed E-state index contributed by atoms with van der Waals surface area (Å²) in [6.45, 7) is 0. The quantitative estimate of drug-likeness (QED) is 0.873. The molecule has 1 aliphatic carbocycles. The van der Waals surface area contributed by atoms with Crippen molar-refractivity contribution >= 4 is 17.2 Å². The van der Waals surface area contributed by atoms with Crippen molar-refractivity contribution in [2.45, 2.75) is 31.5 Å². The van der Waals surface area contributed by atoms with E-state index in [9.17, 15) is 13.2 Å². The third-order valence-electron chi connectivity index (χ3n) is 3.46. The Labute approximate surface area is 118 Å². The van der Waals surface area contributed by atoms with Crippen LogP contribution in [0.4, 0.5) is 19.0 Å². The van der Waals surface area contributed by atoms with Gasteiger partial charge >= 0.3 is 6.18 Å². The van der Waals surface area contributed by atoms with E-state index in [0.717, 1.165) is 31.5 Å². The lowest BCUT2D eigenvalue weighted by atomic mass is 9.94. The first kappa shape index (κ1) is 13.4. The third-order valence-corrected chi connectivity index (χ3v) is 4.46. The van der Waals surface area contributed by atoms with Gasteiger partial charge in [-0.25, -0.2) is 4.98 Å². The van der Waals surface area contributed by atoms with Gasteiger partial charge in [0.15, 0.2) is 0 Å². The van der Waals surface area contributed by atoms with Gasteiger partial charge in [0, 0.05) is 11.1 Å². The maximum absolute atomic E-state index is 12.5. The molecule has 2 nitrogen and oxygen atoms in total. The van der Waals surface area contributed by atoms with E-state index < -0.39 is 11.7 Å². The smallest absolute Gasteiger partial charge is 0.363 e. The topological polar surface area (TPSA) is 24.9 Å². The predicted molar refractivity (Wildman–Crippen MR) is 72.9 cm³/mol. The van der Waals surface area contributed by atoms with Gasteiger partial charge in [-0.15, -0.1) is 11.3 Å². The first-order chi connectivity index (χ1) is 9.54. The summed E-state index contributed by atoms with van der Waals surface area (Å²) in [7, 11) is 0. The minimum atomic E-state index is -4.34. The highest BCUT2D eigenvalue weighted by molar-refractivity contribution is 7.10. The van der Waals surface area contributed by atoms with Crippen molar-refractivity contribution in [2.75, 3.05) is 5.32 Å². The first-order valence-electron chi connectivity index (χ1n) is 6.40. The lowest BCUT2D eigenvalue weighted by molar-refractivity contribution is -0.137. The minimum absolute atomic E-state index is 0.147. The molecule has 1 unspecified atom stereocenters. The molecule has 0 bridgehead atoms. The SMILES string of the molecule is FC(F)(F)c1ccc(NC2CCCc3sccc32)nc1. The molecule has 3 rings (SSSR count). The number of alkyl halides is 3. The summed E-state index contributed by atoms with van der Waals surface area (Å²) in [5.74, 6) is 0.488. The van der Waals surface area contributed by atoms with Crippen LogP contribution < -0.4 is 5.32 Å². The fourth-order valence-electron chi connectivity index (χ4n) is 2.46. The van der Waals surface area contributed by atoms with Crippen LogP contribution in [-0.4, -0.2) is 4.98 Å². The molecular weight excluding hydrogens is 285 g/mol. The molecule has 0 amide bonds. The molecule has 0 fully saturated rings. The van der Waals surface area contributed by atoms with Crippen LogP contribution in [0.15, 0.2) is 29.8 Å². The molecule has 0 aliphatic heterocycles. The van der Waals surface area contributed by atoms with Gasteiger partial charge in [0.1, 0.15) is 5.82 Å². The number of aromatic nitrogens is 1. The van der Waals surface area contributed by atoms with Gasteiger partial charge in [0.05, 0.1) is 11.6 Å². The van der Waals surface area contributed by atoms with Crippen LogP contribution in [0, 0.1) is 0 Å². The number of thiophene rings is 1. The number of rotatable bonds is 2. The number of aryl methyl sites for hydroxylation is 1. The standard InChI is InChI=1S/C14H13F3N2S/c15-14(16,17)9-4-5-13(18-8-9)19-11-2-1-3-12-10(11)6-7-20-12/h4-8,11H,1-3H2,(H,18,19). The summed E-state index contributed by atoms with van der Waals surface area (Å²) in [5, 5.41) is 5.29. The Morgan fingerprint density at radius 1 is 1.25 bits per heavy atom. The zero-order valence-electron chi connectivity index (χ0n) is 10.6. The Morgan fingerprint density at radius 2 is 2.10 bits per heavy atom. The Bertz CT molecular complexity index is 589. The molecule has 1 aliphatic rings. The van der Waals surface area contributed by atoms with E-state index in [1.165, 1.54) is 16.5 Å². The molecule has 0 aromatic carbocycles. The molecule has 106 valence electrons. The maximum atomic E-state index is 12.5. The van der Waals surface area contributed by atoms with Crippen LogP contribution in [0.25, 0.3) is 0 Å². The number of fused-ring (bicyclic) bond motifs is 1. The van der Waals surface area contributed by atoms with Crippen molar-refractivity contribution in [3.8, 4) is 0 Å². The highest BCUT2D eigenvalue weighted by atomic mass is 32.1. The van der Waals surface area contributed by atoms with Crippen LogP contribution in [0.2, 0.25) is 0 Å². The van der Waals surface area contributed by atoms with Crippen LogP contribution in [0.1, 0.15) is 34.9 Å². The van der Waals surface area contributed by atoms with E-state index in [0.29, 0.717) is 5.82 Å². The molecule has 0 spiro atoms. The number of hydrogen-bond donors (Lipinski definition) is 1. The Balaban J connectivity index is 1.77. The highest BCUT2D eigenvalue weighted by Gasteiger charge is 2.30. The number of halogens is 3. The summed E-state index contributed by atoms with van der Waals surface area (Å²) < 4.78 is 37.4. The Morgan fingerprint density at radius 3 is 2.80 bits per heavy atom. The molecule has 1 N–H and O–H groups in total. The second-order valence-corrected chi connectivity index (χ2v) is 5.82. The van der Waals surface area contributed by atoms with Crippen LogP contribution >= 0.6 is 11.3 Å². The predicted octanol–water partition coefficient (Wildman–Crippen LogP) is 4.65. The van der Waals surface area contributed by atoms with E-state index >= 15 is 0 Å². The molecule has 2 aromatic heterocycles. The molecule has 2 aromatic rings. The molecule has 20 heavy (non-hydrogen) atoms. The number of pyridine rings is 1. The van der Waals surface area contributed by atoms with Crippen LogP contribution in [0.5, 0.6) is 0 Å². The van der Waals surface area contributed by atoms with Crippen molar-refractivity contribution in [2.24, 2.45) is 0 Å². The third kappa shape index (κ3) is 2.65. The molecule has 2 heterocycles. The van der Waals surface area contributed by atoms with Crippen LogP contribution in [-0.2, 0) is 12.6 Å². The summed E-state index contributed by atoms with van der Waals surface area (Å²) in [5.41, 5.74) is 0.533. The molecular formula is C14H13F3N2S. The Kier molecular flexibility index (Phi) is 3.41. The maximum Gasteiger partial charge on any atom is 0.417 e. The van der Waals surface area contributed by atoms with Crippen LogP contribution in [0.3, 0.4) is 0 Å². The Hall–Kier alpha value is -1.56. The normalized spacial score (nSPS) is 18.6. The molecule has 0 saturated heterocycles. The zero-order valence-corrected chi connectivity index (χ0v) is 11.4. The van der Waals surface area contributed by atoms with Crippen molar-refractivity contribution < 1.29 is 13.2 Å².